The highest BCUT2D eigenvalue weighted by atomic mass is 16.6. The lowest BCUT2D eigenvalue weighted by molar-refractivity contribution is -0.385. The van der Waals surface area contributed by atoms with Crippen LogP contribution in [-0.2, 0) is 11.4 Å². The number of aliphatic imine (C=N–C) groups is 1. The fourth-order valence-electron chi connectivity index (χ4n) is 3.62. The van der Waals surface area contributed by atoms with Crippen LogP contribution >= 0.6 is 0 Å². The first-order valence-electron chi connectivity index (χ1n) is 12.1. The van der Waals surface area contributed by atoms with E-state index in [1.807, 2.05) is 49.4 Å². The Kier molecular flexibility index (Phi) is 9.94. The molecular formula is C29H31N5O5. The Morgan fingerprint density at radius 2 is 1.69 bits per heavy atom. The number of hydrogen-bond donors (Lipinski definition) is 4. The third-order valence-corrected chi connectivity index (χ3v) is 5.63. The minimum absolute atomic E-state index is 0.0914. The molecule has 10 nitrogen and oxygen atoms in total. The number of nitro groups is 1. The van der Waals surface area contributed by atoms with Crippen molar-refractivity contribution in [3.8, 4) is 5.75 Å². The van der Waals surface area contributed by atoms with Crippen molar-refractivity contribution in [1.29, 1.82) is 0 Å². The summed E-state index contributed by atoms with van der Waals surface area (Å²) in [4.78, 5) is 26.2. The summed E-state index contributed by atoms with van der Waals surface area (Å²) in [6.07, 6.45) is 2.89. The lowest BCUT2D eigenvalue weighted by atomic mass is 10.1. The molecule has 0 saturated heterocycles. The van der Waals surface area contributed by atoms with E-state index in [0.29, 0.717) is 35.0 Å². The van der Waals surface area contributed by atoms with Gasteiger partial charge in [0.05, 0.1) is 35.5 Å². The van der Waals surface area contributed by atoms with Gasteiger partial charge in [0.1, 0.15) is 18.1 Å². The quantitative estimate of drug-likeness (QED) is 0.146. The number of benzene rings is 3. The van der Waals surface area contributed by atoms with Gasteiger partial charge in [-0.05, 0) is 61.4 Å². The number of hydrogen-bond acceptors (Lipinski definition) is 9. The summed E-state index contributed by atoms with van der Waals surface area (Å²) in [7, 11) is 0. The highest BCUT2D eigenvalue weighted by Gasteiger charge is 2.17. The molecule has 0 atom stereocenters. The number of nitrogens with one attached hydrogen (secondary N) is 1. The summed E-state index contributed by atoms with van der Waals surface area (Å²) >= 11 is 0. The monoisotopic (exact) mass is 529 g/mol. The van der Waals surface area contributed by atoms with Gasteiger partial charge in [0.25, 0.3) is 5.69 Å². The molecule has 202 valence electrons. The van der Waals surface area contributed by atoms with Crippen molar-refractivity contribution in [2.45, 2.75) is 20.5 Å². The number of aliphatic hydroxyl groups excluding tert-OH is 1. The molecule has 0 bridgehead atoms. The second kappa shape index (κ2) is 13.5. The van der Waals surface area contributed by atoms with Crippen molar-refractivity contribution in [3.63, 3.8) is 0 Å². The molecule has 10 heteroatoms. The molecule has 4 rings (SSSR count). The second-order valence-corrected chi connectivity index (χ2v) is 8.70. The maximum absolute atomic E-state index is 11.7. The van der Waals surface area contributed by atoms with Gasteiger partial charge in [-0.1, -0.05) is 30.3 Å². The Morgan fingerprint density at radius 1 is 1.00 bits per heavy atom. The van der Waals surface area contributed by atoms with Crippen LogP contribution in [0.3, 0.4) is 0 Å². The maximum atomic E-state index is 11.7. The summed E-state index contributed by atoms with van der Waals surface area (Å²) in [6.45, 7) is 4.09. The summed E-state index contributed by atoms with van der Waals surface area (Å²) in [6, 6.07) is 20.1. The molecule has 3 aromatic carbocycles. The molecule has 0 heterocycles. The van der Waals surface area contributed by atoms with Crippen LogP contribution in [0.25, 0.3) is 0 Å². The van der Waals surface area contributed by atoms with Gasteiger partial charge in [0.2, 0.25) is 5.78 Å². The number of nitrogens with zero attached hydrogens (tertiary/aromatic N) is 2. The Bertz CT molecular complexity index is 1410. The number of anilines is 2. The lowest BCUT2D eigenvalue weighted by Gasteiger charge is -2.15. The number of ether oxygens (including phenoxy) is 1. The molecule has 3 aromatic rings. The SMILES string of the molecule is Cc1cc(C)c([N+](=O)[O-])cc1OCc1ccccc1.NC1=CC(=O)C(=NCCO)C=C1Nc1ccc(N)cc1. The number of carbonyl (C=O) groups is 1. The number of nitro benzene ring substituents is 1. The average molecular weight is 530 g/mol. The first kappa shape index (κ1) is 28.6. The van der Waals surface area contributed by atoms with Crippen LogP contribution in [0.1, 0.15) is 16.7 Å². The zero-order valence-electron chi connectivity index (χ0n) is 21.8. The van der Waals surface area contributed by atoms with E-state index in [1.165, 1.54) is 12.1 Å². The smallest absolute Gasteiger partial charge is 0.276 e. The summed E-state index contributed by atoms with van der Waals surface area (Å²) in [5.41, 5.74) is 16.8. The van der Waals surface area contributed by atoms with Gasteiger partial charge < -0.3 is 26.6 Å². The molecule has 0 fully saturated rings. The van der Waals surface area contributed by atoms with E-state index in [1.54, 1.807) is 31.2 Å². The van der Waals surface area contributed by atoms with Crippen LogP contribution in [0.15, 0.2) is 95.3 Å². The Balaban J connectivity index is 0.000000216. The van der Waals surface area contributed by atoms with E-state index in [0.717, 1.165) is 16.8 Å². The third-order valence-electron chi connectivity index (χ3n) is 5.63. The number of rotatable bonds is 8. The van der Waals surface area contributed by atoms with Crippen LogP contribution in [0.2, 0.25) is 0 Å². The normalized spacial score (nSPS) is 13.6. The molecule has 1 aliphatic carbocycles. The number of allylic oxidation sites excluding steroid dienone is 2. The van der Waals surface area contributed by atoms with Crippen LogP contribution in [0.5, 0.6) is 5.75 Å². The van der Waals surface area contributed by atoms with Crippen molar-refractivity contribution >= 4 is 28.6 Å². The highest BCUT2D eigenvalue weighted by Crippen LogP contribution is 2.28. The van der Waals surface area contributed by atoms with E-state index < -0.39 is 0 Å². The standard InChI is InChI=1S/C15H15NO3.C14H16N4O2/c1-11-8-12(2)15(9-14(11)16(17)18)19-10-13-6-4-3-5-7-13;15-9-1-3-10(4-2-9)18-12-8-13(17-5-6-19)14(20)7-11(12)16/h3-9H,10H2,1-2H3;1-4,7-8,18-19H,5-6,15-16H2. The molecule has 6 N–H and O–H groups in total. The Morgan fingerprint density at radius 3 is 2.33 bits per heavy atom. The molecule has 0 amide bonds. The topological polar surface area (TPSA) is 166 Å². The molecule has 0 aliphatic heterocycles. The predicted octanol–water partition coefficient (Wildman–Crippen LogP) is 4.21. The van der Waals surface area contributed by atoms with Crippen LogP contribution in [0.4, 0.5) is 17.1 Å². The Labute approximate surface area is 226 Å². The zero-order valence-corrected chi connectivity index (χ0v) is 21.8. The summed E-state index contributed by atoms with van der Waals surface area (Å²) < 4.78 is 5.66. The van der Waals surface area contributed by atoms with Crippen molar-refractivity contribution in [3.05, 3.63) is 117 Å². The Hall–Kier alpha value is -4.96. The van der Waals surface area contributed by atoms with Gasteiger partial charge >= 0.3 is 0 Å². The number of carbonyl (C=O) groups excluding carboxylic acids is 1. The first-order valence-corrected chi connectivity index (χ1v) is 12.1. The van der Waals surface area contributed by atoms with Crippen LogP contribution < -0.4 is 21.5 Å². The lowest BCUT2D eigenvalue weighted by Crippen LogP contribution is -2.22. The molecule has 0 saturated carbocycles. The van der Waals surface area contributed by atoms with Crippen LogP contribution in [0, 0.1) is 24.0 Å². The van der Waals surface area contributed by atoms with Gasteiger partial charge in [-0.3, -0.25) is 19.9 Å². The van der Waals surface area contributed by atoms with E-state index in [9.17, 15) is 14.9 Å². The molecule has 0 unspecified atom stereocenters. The second-order valence-electron chi connectivity index (χ2n) is 8.70. The molecule has 39 heavy (non-hydrogen) atoms. The minimum atomic E-state index is -0.385. The summed E-state index contributed by atoms with van der Waals surface area (Å²) in [5, 5.41) is 22.8. The fraction of sp³-hybridized carbons (Fsp3) is 0.172. The van der Waals surface area contributed by atoms with Crippen molar-refractivity contribution in [2.24, 2.45) is 10.7 Å². The maximum Gasteiger partial charge on any atom is 0.276 e. The molecular weight excluding hydrogens is 498 g/mol. The number of nitrogen functional groups attached to an aromatic ring is 1. The largest absolute Gasteiger partial charge is 0.488 e. The third kappa shape index (κ3) is 8.27. The average Bonchev–Trinajstić information content (AvgIpc) is 2.91. The van der Waals surface area contributed by atoms with Gasteiger partial charge in [-0.2, -0.15) is 0 Å². The molecule has 0 radical (unpaired) electrons. The first-order chi connectivity index (χ1) is 18.7. The van der Waals surface area contributed by atoms with Crippen molar-refractivity contribution in [2.75, 3.05) is 24.2 Å². The molecule has 0 spiro atoms. The van der Waals surface area contributed by atoms with Crippen molar-refractivity contribution in [1.82, 2.24) is 0 Å². The van der Waals surface area contributed by atoms with Gasteiger partial charge in [0.15, 0.2) is 0 Å². The molecule has 1 aliphatic rings. The number of ketones is 1. The van der Waals surface area contributed by atoms with E-state index >= 15 is 0 Å². The van der Waals surface area contributed by atoms with Crippen LogP contribution in [-0.4, -0.2) is 34.7 Å². The van der Waals surface area contributed by atoms with Gasteiger partial charge in [0, 0.05) is 23.0 Å². The fourth-order valence-corrected chi connectivity index (χ4v) is 3.62. The van der Waals surface area contributed by atoms with Crippen molar-refractivity contribution < 1.29 is 19.6 Å². The predicted molar refractivity (Wildman–Crippen MR) is 153 cm³/mol. The van der Waals surface area contributed by atoms with Gasteiger partial charge in [-0.25, -0.2) is 0 Å². The molecule has 0 aromatic heterocycles. The van der Waals surface area contributed by atoms with E-state index in [4.69, 9.17) is 21.3 Å². The van der Waals surface area contributed by atoms with Gasteiger partial charge in [-0.15, -0.1) is 0 Å². The summed E-state index contributed by atoms with van der Waals surface area (Å²) in [5.74, 6) is 0.292. The van der Waals surface area contributed by atoms with E-state index in [2.05, 4.69) is 10.3 Å². The highest BCUT2D eigenvalue weighted by molar-refractivity contribution is 6.49. The number of aryl methyl sites for hydroxylation is 2. The minimum Gasteiger partial charge on any atom is -0.488 e. The van der Waals surface area contributed by atoms with E-state index in [-0.39, 0.29) is 35.3 Å². The number of aliphatic hydroxyl groups is 1. The zero-order chi connectivity index (χ0) is 28.4. The number of nitrogens with two attached hydrogens (primary N) is 2.